The molecule has 1 aromatic heterocycles. The van der Waals surface area contributed by atoms with Gasteiger partial charge in [-0.15, -0.1) is 0 Å². The van der Waals surface area contributed by atoms with Crippen LogP contribution in [-0.4, -0.2) is 18.4 Å². The number of aryl methyl sites for hydroxylation is 1. The van der Waals surface area contributed by atoms with Crippen LogP contribution in [0.25, 0.3) is 11.0 Å². The maximum absolute atomic E-state index is 12.5. The molecule has 8 heteroatoms. The van der Waals surface area contributed by atoms with Crippen molar-refractivity contribution in [3.63, 3.8) is 0 Å². The lowest BCUT2D eigenvalue weighted by Gasteiger charge is -2.10. The smallest absolute Gasteiger partial charge is 0.306 e. The van der Waals surface area contributed by atoms with Gasteiger partial charge in [0.1, 0.15) is 0 Å². The minimum absolute atomic E-state index is 0.0720. The normalized spacial score (nSPS) is 11.7. The van der Waals surface area contributed by atoms with Gasteiger partial charge in [0.2, 0.25) is 0 Å². The Hall–Kier alpha value is -2.06. The monoisotopic (exact) mass is 381 g/mol. The number of hydrogen-bond donors (Lipinski definition) is 3. The average Bonchev–Trinajstić information content (AvgIpc) is 2.81. The Balaban J connectivity index is 2.01. The van der Waals surface area contributed by atoms with Crippen LogP contribution in [0, 0.1) is 6.92 Å². The molecule has 0 unspecified atom stereocenters. The molecule has 22 heavy (non-hydrogen) atoms. The van der Waals surface area contributed by atoms with E-state index in [-0.39, 0.29) is 10.6 Å². The van der Waals surface area contributed by atoms with Crippen LogP contribution in [0.2, 0.25) is 0 Å². The van der Waals surface area contributed by atoms with E-state index < -0.39 is 10.0 Å². The van der Waals surface area contributed by atoms with Crippen molar-refractivity contribution in [2.45, 2.75) is 11.8 Å². The van der Waals surface area contributed by atoms with Crippen LogP contribution in [-0.2, 0) is 10.0 Å². The number of aromatic nitrogens is 2. The van der Waals surface area contributed by atoms with Gasteiger partial charge in [0.15, 0.2) is 0 Å². The molecule has 0 bridgehead atoms. The van der Waals surface area contributed by atoms with Crippen LogP contribution in [0.15, 0.2) is 50.6 Å². The zero-order valence-electron chi connectivity index (χ0n) is 11.5. The SMILES string of the molecule is Cc1ccc(NS(=O)(=O)c2ccc3[nH]c(=O)[nH]c3c2)c(Br)c1. The highest BCUT2D eigenvalue weighted by molar-refractivity contribution is 9.10. The van der Waals surface area contributed by atoms with E-state index in [9.17, 15) is 13.2 Å². The summed E-state index contributed by atoms with van der Waals surface area (Å²) in [6.07, 6.45) is 0. The fourth-order valence-electron chi connectivity index (χ4n) is 2.09. The lowest BCUT2D eigenvalue weighted by Crippen LogP contribution is -2.13. The van der Waals surface area contributed by atoms with Gasteiger partial charge in [-0.1, -0.05) is 6.07 Å². The Labute approximate surface area is 134 Å². The highest BCUT2D eigenvalue weighted by atomic mass is 79.9. The molecule has 0 saturated heterocycles. The van der Waals surface area contributed by atoms with Crippen molar-refractivity contribution in [2.75, 3.05) is 4.72 Å². The van der Waals surface area contributed by atoms with E-state index in [1.165, 1.54) is 12.1 Å². The second kappa shape index (κ2) is 5.29. The topological polar surface area (TPSA) is 94.8 Å². The first kappa shape index (κ1) is 14.9. The molecule has 114 valence electrons. The highest BCUT2D eigenvalue weighted by Gasteiger charge is 2.16. The quantitative estimate of drug-likeness (QED) is 0.650. The molecule has 6 nitrogen and oxygen atoms in total. The van der Waals surface area contributed by atoms with Gasteiger partial charge in [0.25, 0.3) is 10.0 Å². The van der Waals surface area contributed by atoms with Crippen molar-refractivity contribution in [3.8, 4) is 0 Å². The zero-order valence-corrected chi connectivity index (χ0v) is 13.9. The molecule has 3 rings (SSSR count). The van der Waals surface area contributed by atoms with Crippen molar-refractivity contribution in [1.29, 1.82) is 0 Å². The molecule has 3 N–H and O–H groups in total. The largest absolute Gasteiger partial charge is 0.323 e. The lowest BCUT2D eigenvalue weighted by atomic mass is 10.2. The minimum atomic E-state index is -3.75. The van der Waals surface area contributed by atoms with Crippen LogP contribution < -0.4 is 10.4 Å². The number of sulfonamides is 1. The number of H-pyrrole nitrogens is 2. The predicted molar refractivity (Wildman–Crippen MR) is 88.6 cm³/mol. The molecular formula is C14H12BrN3O3S. The number of hydrogen-bond acceptors (Lipinski definition) is 3. The fourth-order valence-corrected chi connectivity index (χ4v) is 3.91. The molecule has 0 atom stereocenters. The van der Waals surface area contributed by atoms with Crippen molar-refractivity contribution in [1.82, 2.24) is 9.97 Å². The summed E-state index contributed by atoms with van der Waals surface area (Å²) >= 11 is 3.34. The Morgan fingerprint density at radius 2 is 1.77 bits per heavy atom. The summed E-state index contributed by atoms with van der Waals surface area (Å²) < 4.78 is 28.1. The summed E-state index contributed by atoms with van der Waals surface area (Å²) in [5.74, 6) is 0. The van der Waals surface area contributed by atoms with E-state index in [1.54, 1.807) is 12.1 Å². The van der Waals surface area contributed by atoms with Crippen LogP contribution in [0.4, 0.5) is 5.69 Å². The first-order chi connectivity index (χ1) is 10.3. The number of nitrogens with one attached hydrogen (secondary N) is 3. The summed E-state index contributed by atoms with van der Waals surface area (Å²) in [6, 6.07) is 9.73. The lowest BCUT2D eigenvalue weighted by molar-refractivity contribution is 0.601. The van der Waals surface area contributed by atoms with E-state index in [0.29, 0.717) is 21.2 Å². The van der Waals surface area contributed by atoms with Crippen LogP contribution in [0.3, 0.4) is 0 Å². The molecule has 3 aromatic rings. The third-order valence-corrected chi connectivity index (χ3v) is 5.19. The Bertz CT molecular complexity index is 1020. The highest BCUT2D eigenvalue weighted by Crippen LogP contribution is 2.26. The molecular weight excluding hydrogens is 370 g/mol. The summed E-state index contributed by atoms with van der Waals surface area (Å²) in [7, 11) is -3.75. The maximum atomic E-state index is 12.5. The van der Waals surface area contributed by atoms with Crippen molar-refractivity contribution in [2.24, 2.45) is 0 Å². The summed E-state index contributed by atoms with van der Waals surface area (Å²) in [5, 5.41) is 0. The van der Waals surface area contributed by atoms with Gasteiger partial charge in [-0.25, -0.2) is 13.2 Å². The number of anilines is 1. The molecule has 0 spiro atoms. The van der Waals surface area contributed by atoms with Crippen molar-refractivity contribution < 1.29 is 8.42 Å². The number of benzene rings is 2. The van der Waals surface area contributed by atoms with Gasteiger partial charge >= 0.3 is 5.69 Å². The molecule has 0 radical (unpaired) electrons. The standard InChI is InChI=1S/C14H12BrN3O3S/c1-8-2-4-11(10(15)6-8)18-22(20,21)9-3-5-12-13(7-9)17-14(19)16-12/h2-7,18H,1H3,(H2,16,17,19). The van der Waals surface area contributed by atoms with E-state index in [4.69, 9.17) is 0 Å². The van der Waals surface area contributed by atoms with Crippen LogP contribution in [0.5, 0.6) is 0 Å². The van der Waals surface area contributed by atoms with Gasteiger partial charge in [0.05, 0.1) is 21.6 Å². The van der Waals surface area contributed by atoms with Crippen LogP contribution >= 0.6 is 15.9 Å². The van der Waals surface area contributed by atoms with Crippen molar-refractivity contribution in [3.05, 3.63) is 56.9 Å². The molecule has 0 aliphatic rings. The Morgan fingerprint density at radius 1 is 1.05 bits per heavy atom. The first-order valence-corrected chi connectivity index (χ1v) is 8.64. The molecule has 1 heterocycles. The summed E-state index contributed by atoms with van der Waals surface area (Å²) in [5.41, 5.74) is 2.09. The molecule has 0 fully saturated rings. The number of fused-ring (bicyclic) bond motifs is 1. The van der Waals surface area contributed by atoms with E-state index in [1.807, 2.05) is 19.1 Å². The fraction of sp³-hybridized carbons (Fsp3) is 0.0714. The van der Waals surface area contributed by atoms with Gasteiger partial charge in [-0.05, 0) is 58.7 Å². The van der Waals surface area contributed by atoms with E-state index in [2.05, 4.69) is 30.6 Å². The second-order valence-corrected chi connectivity index (χ2v) is 7.41. The number of imidazole rings is 1. The van der Waals surface area contributed by atoms with Gasteiger partial charge in [0, 0.05) is 4.47 Å². The molecule has 0 saturated carbocycles. The van der Waals surface area contributed by atoms with E-state index >= 15 is 0 Å². The summed E-state index contributed by atoms with van der Waals surface area (Å²) in [6.45, 7) is 1.92. The van der Waals surface area contributed by atoms with Gasteiger partial charge < -0.3 is 9.97 Å². The maximum Gasteiger partial charge on any atom is 0.323 e. The Kier molecular flexibility index (Phi) is 3.57. The first-order valence-electron chi connectivity index (χ1n) is 6.36. The molecule has 0 aliphatic heterocycles. The predicted octanol–water partition coefficient (Wildman–Crippen LogP) is 2.73. The molecule has 0 aliphatic carbocycles. The zero-order chi connectivity index (χ0) is 15.9. The van der Waals surface area contributed by atoms with E-state index in [0.717, 1.165) is 5.56 Å². The number of rotatable bonds is 3. The molecule has 2 aromatic carbocycles. The number of halogens is 1. The average molecular weight is 382 g/mol. The van der Waals surface area contributed by atoms with Crippen LogP contribution in [0.1, 0.15) is 5.56 Å². The van der Waals surface area contributed by atoms with Gasteiger partial charge in [-0.3, -0.25) is 4.72 Å². The third-order valence-electron chi connectivity index (χ3n) is 3.17. The molecule has 0 amide bonds. The van der Waals surface area contributed by atoms with Gasteiger partial charge in [-0.2, -0.15) is 0 Å². The second-order valence-electron chi connectivity index (χ2n) is 4.88. The van der Waals surface area contributed by atoms with Crippen molar-refractivity contribution >= 4 is 42.7 Å². The summed E-state index contributed by atoms with van der Waals surface area (Å²) in [4.78, 5) is 16.4. The number of aromatic amines is 2. The Morgan fingerprint density at radius 3 is 2.50 bits per heavy atom. The third kappa shape index (κ3) is 2.79. The minimum Gasteiger partial charge on any atom is -0.306 e.